The van der Waals surface area contributed by atoms with Gasteiger partial charge in [-0.1, -0.05) is 31.6 Å². The van der Waals surface area contributed by atoms with E-state index in [1.54, 1.807) is 0 Å². The molecule has 0 radical (unpaired) electrons. The minimum atomic E-state index is -0.547. The highest BCUT2D eigenvalue weighted by Gasteiger charge is 2.50. The molecule has 5 rings (SSSR count). The summed E-state index contributed by atoms with van der Waals surface area (Å²) in [5, 5.41) is 17.5. The number of fused-ring (bicyclic) bond motifs is 1. The predicted molar refractivity (Wildman–Crippen MR) is 107 cm³/mol. The standard InChI is InChI=1S/C24H25N3O/c1-23(2)11-16-10-18-21(22(27-26-18)15-7-8-15)24(3,20(16)19(28)12-23)17-6-4-5-14(9-17)13-25/h4-6,9,15H,7-8,10-12H2,1-3H3,(H,26,27)/t24-/m1/s1. The summed E-state index contributed by atoms with van der Waals surface area (Å²) in [7, 11) is 0. The number of aromatic nitrogens is 2. The van der Waals surface area contributed by atoms with Crippen molar-refractivity contribution in [2.45, 2.75) is 64.2 Å². The van der Waals surface area contributed by atoms with E-state index in [1.165, 1.54) is 24.0 Å². The zero-order valence-electron chi connectivity index (χ0n) is 16.7. The molecule has 1 N–H and O–H groups in total. The van der Waals surface area contributed by atoms with Gasteiger partial charge >= 0.3 is 0 Å². The topological polar surface area (TPSA) is 69.5 Å². The van der Waals surface area contributed by atoms with Crippen LogP contribution in [0.2, 0.25) is 0 Å². The molecule has 4 nitrogen and oxygen atoms in total. The van der Waals surface area contributed by atoms with Crippen molar-refractivity contribution in [1.29, 1.82) is 5.26 Å². The van der Waals surface area contributed by atoms with Crippen molar-refractivity contribution in [2.75, 3.05) is 0 Å². The van der Waals surface area contributed by atoms with Crippen LogP contribution in [0.5, 0.6) is 0 Å². The van der Waals surface area contributed by atoms with Crippen molar-refractivity contribution in [3.8, 4) is 6.07 Å². The number of hydrogen-bond acceptors (Lipinski definition) is 3. The Morgan fingerprint density at radius 1 is 1.21 bits per heavy atom. The minimum Gasteiger partial charge on any atom is -0.294 e. The number of nitriles is 1. The monoisotopic (exact) mass is 371 g/mol. The molecule has 0 saturated heterocycles. The average Bonchev–Trinajstić information content (AvgIpc) is 3.40. The average molecular weight is 371 g/mol. The highest BCUT2D eigenvalue weighted by atomic mass is 16.1. The van der Waals surface area contributed by atoms with Crippen LogP contribution in [-0.4, -0.2) is 16.0 Å². The van der Waals surface area contributed by atoms with Crippen molar-refractivity contribution in [3.63, 3.8) is 0 Å². The Hall–Kier alpha value is -2.67. The number of allylic oxidation sites excluding steroid dienone is 2. The number of nitrogens with zero attached hydrogens (tertiary/aromatic N) is 2. The smallest absolute Gasteiger partial charge is 0.160 e. The fourth-order valence-electron chi connectivity index (χ4n) is 5.49. The number of Topliss-reactive ketones (excluding diaryl/α,β-unsaturated/α-hetero) is 1. The molecule has 0 spiro atoms. The van der Waals surface area contributed by atoms with Crippen LogP contribution in [0.25, 0.3) is 0 Å². The predicted octanol–water partition coefficient (Wildman–Crippen LogP) is 4.71. The van der Waals surface area contributed by atoms with Gasteiger partial charge in [0.05, 0.1) is 17.3 Å². The molecular formula is C24H25N3O. The third-order valence-corrected chi connectivity index (χ3v) is 6.76. The van der Waals surface area contributed by atoms with Crippen molar-refractivity contribution >= 4 is 5.78 Å². The van der Waals surface area contributed by atoms with Crippen molar-refractivity contribution < 1.29 is 4.79 Å². The Bertz CT molecular complexity index is 1080. The molecule has 1 aromatic carbocycles. The van der Waals surface area contributed by atoms with Crippen LogP contribution in [0.3, 0.4) is 0 Å². The van der Waals surface area contributed by atoms with E-state index in [4.69, 9.17) is 5.10 Å². The first-order chi connectivity index (χ1) is 13.3. The molecule has 3 aliphatic rings. The Morgan fingerprint density at radius 2 is 2.00 bits per heavy atom. The second kappa shape index (κ2) is 5.67. The number of ketones is 1. The zero-order chi connectivity index (χ0) is 19.7. The molecule has 28 heavy (non-hydrogen) atoms. The van der Waals surface area contributed by atoms with Crippen LogP contribution in [-0.2, 0) is 16.6 Å². The largest absolute Gasteiger partial charge is 0.294 e. The van der Waals surface area contributed by atoms with E-state index in [9.17, 15) is 10.1 Å². The zero-order valence-corrected chi connectivity index (χ0v) is 16.7. The first-order valence-corrected chi connectivity index (χ1v) is 10.2. The van der Waals surface area contributed by atoms with Gasteiger partial charge in [0.25, 0.3) is 0 Å². The van der Waals surface area contributed by atoms with E-state index in [2.05, 4.69) is 38.0 Å². The Morgan fingerprint density at radius 3 is 2.71 bits per heavy atom. The number of nitrogens with one attached hydrogen (secondary N) is 1. The van der Waals surface area contributed by atoms with Crippen LogP contribution < -0.4 is 0 Å². The molecular weight excluding hydrogens is 346 g/mol. The third-order valence-electron chi connectivity index (χ3n) is 6.76. The summed E-state index contributed by atoms with van der Waals surface area (Å²) in [6.45, 7) is 6.54. The Kier molecular flexibility index (Phi) is 3.53. The maximum Gasteiger partial charge on any atom is 0.160 e. The highest BCUT2D eigenvalue weighted by Crippen LogP contribution is 2.55. The van der Waals surface area contributed by atoms with E-state index in [0.717, 1.165) is 35.4 Å². The lowest BCUT2D eigenvalue weighted by Crippen LogP contribution is -2.41. The molecule has 0 unspecified atom stereocenters. The maximum atomic E-state index is 13.5. The number of carbonyl (C=O) groups is 1. The second-order valence-electron chi connectivity index (χ2n) is 9.65. The summed E-state index contributed by atoms with van der Waals surface area (Å²) < 4.78 is 0. The van der Waals surface area contributed by atoms with Crippen LogP contribution in [0.1, 0.15) is 80.5 Å². The molecule has 1 saturated carbocycles. The first kappa shape index (κ1) is 17.4. The summed E-state index contributed by atoms with van der Waals surface area (Å²) in [4.78, 5) is 13.5. The Labute approximate surface area is 165 Å². The summed E-state index contributed by atoms with van der Waals surface area (Å²) >= 11 is 0. The third kappa shape index (κ3) is 2.42. The van der Waals surface area contributed by atoms with E-state index < -0.39 is 5.41 Å². The molecule has 2 aromatic rings. The molecule has 142 valence electrons. The fraction of sp³-hybridized carbons (Fsp3) is 0.458. The molecule has 3 aliphatic carbocycles. The van der Waals surface area contributed by atoms with Crippen LogP contribution in [0, 0.1) is 16.7 Å². The van der Waals surface area contributed by atoms with E-state index in [0.29, 0.717) is 17.9 Å². The lowest BCUT2D eigenvalue weighted by molar-refractivity contribution is -0.118. The normalized spacial score (nSPS) is 25.9. The van der Waals surface area contributed by atoms with Crippen LogP contribution in [0.15, 0.2) is 35.4 Å². The first-order valence-electron chi connectivity index (χ1n) is 10.2. The molecule has 4 heteroatoms. The lowest BCUT2D eigenvalue weighted by atomic mass is 9.58. The van der Waals surface area contributed by atoms with Gasteiger partial charge in [-0.2, -0.15) is 10.4 Å². The van der Waals surface area contributed by atoms with Crippen molar-refractivity contribution in [3.05, 3.63) is 63.5 Å². The second-order valence-corrected chi connectivity index (χ2v) is 9.65. The summed E-state index contributed by atoms with van der Waals surface area (Å²) in [6.07, 6.45) is 4.62. The summed E-state index contributed by atoms with van der Waals surface area (Å²) in [6, 6.07) is 10.0. The molecule has 1 heterocycles. The number of benzene rings is 1. The number of aromatic amines is 1. The number of H-pyrrole nitrogens is 1. The van der Waals surface area contributed by atoms with E-state index >= 15 is 0 Å². The van der Waals surface area contributed by atoms with Gasteiger partial charge in [0, 0.05) is 41.0 Å². The lowest BCUT2D eigenvalue weighted by Gasteiger charge is -2.44. The van der Waals surface area contributed by atoms with Gasteiger partial charge in [0.1, 0.15) is 0 Å². The van der Waals surface area contributed by atoms with Gasteiger partial charge in [-0.25, -0.2) is 0 Å². The molecule has 1 aromatic heterocycles. The van der Waals surface area contributed by atoms with Gasteiger partial charge in [0.2, 0.25) is 0 Å². The van der Waals surface area contributed by atoms with E-state index in [1.807, 2.05) is 18.2 Å². The van der Waals surface area contributed by atoms with Gasteiger partial charge in [-0.15, -0.1) is 0 Å². The van der Waals surface area contributed by atoms with E-state index in [-0.39, 0.29) is 11.2 Å². The van der Waals surface area contributed by atoms with Gasteiger partial charge in [-0.05, 0) is 49.3 Å². The highest BCUT2D eigenvalue weighted by molar-refractivity contribution is 6.01. The van der Waals surface area contributed by atoms with Gasteiger partial charge in [0.15, 0.2) is 5.78 Å². The maximum absolute atomic E-state index is 13.5. The number of hydrogen-bond donors (Lipinski definition) is 1. The SMILES string of the molecule is CC1(C)CC(=O)C2=C(Cc3[nH]nc(C4CC4)c3[C@]2(C)c2cccc(C#N)c2)C1. The molecule has 0 bridgehead atoms. The molecule has 0 amide bonds. The Balaban J connectivity index is 1.80. The van der Waals surface area contributed by atoms with Crippen LogP contribution in [0.4, 0.5) is 0 Å². The van der Waals surface area contributed by atoms with Crippen LogP contribution >= 0.6 is 0 Å². The quantitative estimate of drug-likeness (QED) is 0.831. The summed E-state index contributed by atoms with van der Waals surface area (Å²) in [5.74, 6) is 0.750. The van der Waals surface area contributed by atoms with Gasteiger partial charge in [-0.3, -0.25) is 9.89 Å². The van der Waals surface area contributed by atoms with Crippen molar-refractivity contribution in [2.24, 2.45) is 5.41 Å². The number of rotatable bonds is 2. The van der Waals surface area contributed by atoms with Gasteiger partial charge < -0.3 is 0 Å². The molecule has 1 atom stereocenters. The minimum absolute atomic E-state index is 0.0117. The fourth-order valence-corrected chi connectivity index (χ4v) is 5.49. The summed E-state index contributed by atoms with van der Waals surface area (Å²) in [5.41, 5.74) is 6.76. The molecule has 0 aliphatic heterocycles. The number of carbonyl (C=O) groups excluding carboxylic acids is 1. The van der Waals surface area contributed by atoms with Crippen molar-refractivity contribution in [1.82, 2.24) is 10.2 Å². The molecule has 1 fully saturated rings.